The lowest BCUT2D eigenvalue weighted by Crippen LogP contribution is -2.48. The van der Waals surface area contributed by atoms with Gasteiger partial charge in [-0.2, -0.15) is 0 Å². The van der Waals surface area contributed by atoms with Gasteiger partial charge in [0.25, 0.3) is 5.91 Å². The molecule has 2 aromatic carbocycles. The Labute approximate surface area is 132 Å². The van der Waals surface area contributed by atoms with E-state index in [9.17, 15) is 4.79 Å². The molecule has 0 aliphatic carbocycles. The molecule has 6 nitrogen and oxygen atoms in total. The molecule has 3 aromatic rings. The highest BCUT2D eigenvalue weighted by Crippen LogP contribution is 2.33. The van der Waals surface area contributed by atoms with Gasteiger partial charge in [-0.15, -0.1) is 0 Å². The van der Waals surface area contributed by atoms with Crippen LogP contribution in [0.15, 0.2) is 54.9 Å². The number of benzene rings is 2. The number of amides is 1. The van der Waals surface area contributed by atoms with Gasteiger partial charge in [0.2, 0.25) is 6.10 Å². The van der Waals surface area contributed by atoms with Crippen LogP contribution in [0.4, 0.5) is 0 Å². The molecule has 1 aliphatic heterocycles. The third-order valence-electron chi connectivity index (χ3n) is 3.78. The van der Waals surface area contributed by atoms with Gasteiger partial charge < -0.3 is 9.47 Å². The van der Waals surface area contributed by atoms with Gasteiger partial charge in [0.1, 0.15) is 12.4 Å². The summed E-state index contributed by atoms with van der Waals surface area (Å²) in [7, 11) is 0. The summed E-state index contributed by atoms with van der Waals surface area (Å²) in [5.74, 6) is 0.938. The molecule has 0 saturated heterocycles. The van der Waals surface area contributed by atoms with E-state index in [0.29, 0.717) is 11.5 Å². The lowest BCUT2D eigenvalue weighted by Gasteiger charge is -2.31. The van der Waals surface area contributed by atoms with Crippen LogP contribution >= 0.6 is 0 Å². The molecule has 2 atom stereocenters. The van der Waals surface area contributed by atoms with E-state index in [-0.39, 0.29) is 12.0 Å². The number of hydrogen-bond acceptors (Lipinski definition) is 4. The van der Waals surface area contributed by atoms with Crippen molar-refractivity contribution in [3.8, 4) is 11.5 Å². The number of aromatic nitrogens is 2. The number of fused-ring (bicyclic) bond motifs is 2. The van der Waals surface area contributed by atoms with Crippen LogP contribution in [0.2, 0.25) is 0 Å². The third-order valence-corrected chi connectivity index (χ3v) is 3.78. The van der Waals surface area contributed by atoms with Crippen molar-refractivity contribution in [2.24, 2.45) is 0 Å². The second-order valence-corrected chi connectivity index (χ2v) is 5.39. The topological polar surface area (TPSA) is 65.4 Å². The third kappa shape index (κ3) is 2.38. The van der Waals surface area contributed by atoms with E-state index in [2.05, 4.69) is 10.4 Å². The van der Waals surface area contributed by atoms with Crippen LogP contribution in [0.5, 0.6) is 11.5 Å². The average molecular weight is 309 g/mol. The Kier molecular flexibility index (Phi) is 3.15. The molecule has 0 bridgehead atoms. The molecule has 116 valence electrons. The van der Waals surface area contributed by atoms with Crippen molar-refractivity contribution < 1.29 is 14.3 Å². The summed E-state index contributed by atoms with van der Waals surface area (Å²) in [4.78, 5) is 16.8. The lowest BCUT2D eigenvalue weighted by molar-refractivity contribution is -0.128. The molecule has 4 rings (SSSR count). The maximum absolute atomic E-state index is 12.6. The summed E-state index contributed by atoms with van der Waals surface area (Å²) in [5, 5.41) is 0. The van der Waals surface area contributed by atoms with Crippen molar-refractivity contribution in [3.63, 3.8) is 0 Å². The maximum atomic E-state index is 12.6. The highest BCUT2D eigenvalue weighted by molar-refractivity contribution is 5.90. The molecular weight excluding hydrogens is 294 g/mol. The minimum absolute atomic E-state index is 0.282. The van der Waals surface area contributed by atoms with E-state index in [0.717, 1.165) is 11.0 Å². The summed E-state index contributed by atoms with van der Waals surface area (Å²) >= 11 is 0. The Bertz CT molecular complexity index is 874. The number of rotatable bonds is 2. The van der Waals surface area contributed by atoms with Gasteiger partial charge >= 0.3 is 0 Å². The van der Waals surface area contributed by atoms with E-state index in [1.807, 2.05) is 49.4 Å². The number of carbonyl (C=O) groups is 1. The largest absolute Gasteiger partial charge is 0.482 e. The summed E-state index contributed by atoms with van der Waals surface area (Å²) < 4.78 is 13.1. The number of nitrogens with zero attached hydrogens (tertiary/aromatic N) is 2. The van der Waals surface area contributed by atoms with Crippen LogP contribution in [-0.2, 0) is 4.79 Å². The Morgan fingerprint density at radius 1 is 1.09 bits per heavy atom. The summed E-state index contributed by atoms with van der Waals surface area (Å²) in [6, 6.07) is 14.9. The minimum Gasteiger partial charge on any atom is -0.482 e. The first-order valence-electron chi connectivity index (χ1n) is 7.38. The van der Waals surface area contributed by atoms with Crippen LogP contribution in [0, 0.1) is 0 Å². The Morgan fingerprint density at radius 2 is 1.78 bits per heavy atom. The molecule has 1 amide bonds. The smallest absolute Gasteiger partial charge is 0.283 e. The highest BCUT2D eigenvalue weighted by Gasteiger charge is 2.34. The Balaban J connectivity index is 1.58. The summed E-state index contributed by atoms with van der Waals surface area (Å²) in [6.07, 6.45) is 0.455. The number of para-hydroxylation sites is 4. The highest BCUT2D eigenvalue weighted by atomic mass is 16.6. The maximum Gasteiger partial charge on any atom is 0.283 e. The molecule has 0 radical (unpaired) electrons. The summed E-state index contributed by atoms with van der Waals surface area (Å²) in [6.45, 7) is 1.81. The minimum atomic E-state index is -0.730. The fourth-order valence-electron chi connectivity index (χ4n) is 2.64. The van der Waals surface area contributed by atoms with Crippen molar-refractivity contribution >= 4 is 16.9 Å². The van der Waals surface area contributed by atoms with E-state index < -0.39 is 6.10 Å². The molecule has 0 spiro atoms. The van der Waals surface area contributed by atoms with Crippen LogP contribution in [-0.4, -0.2) is 27.8 Å². The van der Waals surface area contributed by atoms with Crippen molar-refractivity contribution in [1.29, 1.82) is 0 Å². The predicted molar refractivity (Wildman–Crippen MR) is 85.0 cm³/mol. The van der Waals surface area contributed by atoms with Gasteiger partial charge in [-0.1, -0.05) is 24.3 Å². The quantitative estimate of drug-likeness (QED) is 0.789. The molecule has 0 unspecified atom stereocenters. The van der Waals surface area contributed by atoms with Gasteiger partial charge in [-0.05, 0) is 31.2 Å². The molecular formula is C17H15N3O3. The average Bonchev–Trinajstić information content (AvgIpc) is 2.97. The number of carbonyl (C=O) groups excluding carboxylic acids is 1. The fraction of sp³-hybridized carbons (Fsp3) is 0.176. The predicted octanol–water partition coefficient (Wildman–Crippen LogP) is 2.33. The van der Waals surface area contributed by atoms with Crippen LogP contribution in [0.1, 0.15) is 6.92 Å². The zero-order chi connectivity index (χ0) is 15.8. The first-order valence-corrected chi connectivity index (χ1v) is 7.38. The summed E-state index contributed by atoms with van der Waals surface area (Å²) in [5.41, 5.74) is 4.44. The van der Waals surface area contributed by atoms with Gasteiger partial charge in [0.05, 0.1) is 11.0 Å². The van der Waals surface area contributed by atoms with Gasteiger partial charge in [-0.25, -0.2) is 9.66 Å². The zero-order valence-electron chi connectivity index (χ0n) is 12.5. The van der Waals surface area contributed by atoms with Crippen molar-refractivity contribution in [2.45, 2.75) is 19.1 Å². The van der Waals surface area contributed by atoms with E-state index in [4.69, 9.17) is 9.47 Å². The van der Waals surface area contributed by atoms with Gasteiger partial charge in [-0.3, -0.25) is 10.2 Å². The monoisotopic (exact) mass is 309 g/mol. The molecule has 1 aromatic heterocycles. The van der Waals surface area contributed by atoms with Gasteiger partial charge in [0, 0.05) is 0 Å². The van der Waals surface area contributed by atoms with Crippen molar-refractivity contribution in [3.05, 3.63) is 54.9 Å². The first kappa shape index (κ1) is 13.6. The van der Waals surface area contributed by atoms with Crippen LogP contribution in [0.3, 0.4) is 0 Å². The molecule has 0 saturated carbocycles. The van der Waals surface area contributed by atoms with Gasteiger partial charge in [0.15, 0.2) is 11.5 Å². The number of nitrogens with one attached hydrogen (secondary N) is 1. The van der Waals surface area contributed by atoms with Crippen LogP contribution < -0.4 is 14.9 Å². The van der Waals surface area contributed by atoms with E-state index in [1.54, 1.807) is 17.1 Å². The van der Waals surface area contributed by atoms with E-state index in [1.165, 1.54) is 0 Å². The first-order chi connectivity index (χ1) is 11.2. The Morgan fingerprint density at radius 3 is 2.61 bits per heavy atom. The fourth-order valence-corrected chi connectivity index (χ4v) is 2.64. The van der Waals surface area contributed by atoms with Crippen molar-refractivity contribution in [1.82, 2.24) is 9.66 Å². The SMILES string of the molecule is C[C@@H]1Oc2ccccc2O[C@H]1C(=O)Nn1cnc2ccccc21. The molecule has 0 fully saturated rings. The molecule has 1 N–H and O–H groups in total. The second-order valence-electron chi connectivity index (χ2n) is 5.39. The second kappa shape index (κ2) is 5.31. The van der Waals surface area contributed by atoms with Crippen molar-refractivity contribution in [2.75, 3.05) is 5.43 Å². The molecule has 6 heteroatoms. The van der Waals surface area contributed by atoms with Crippen LogP contribution in [0.25, 0.3) is 11.0 Å². The number of hydrogen-bond donors (Lipinski definition) is 1. The standard InChI is InChI=1S/C17H15N3O3/c1-11-16(23-15-9-5-4-8-14(15)22-11)17(21)19-20-10-18-12-6-2-3-7-13(12)20/h2-11,16H,1H3,(H,19,21)/t11-,16+/m0/s1. The Hall–Kier alpha value is -3.02. The van der Waals surface area contributed by atoms with E-state index >= 15 is 0 Å². The lowest BCUT2D eigenvalue weighted by atomic mass is 10.1. The number of imidazole rings is 1. The molecule has 23 heavy (non-hydrogen) atoms. The molecule has 2 heterocycles. The molecule has 1 aliphatic rings. The normalized spacial score (nSPS) is 19.5. The zero-order valence-corrected chi connectivity index (χ0v) is 12.5. The number of ether oxygens (including phenoxy) is 2.